The standard InChI is InChI=1S/C14H22O2/c15-13-7-5-12(6-8-13)14(9-16-10-14)11-3-1-2-4-11/h11-12H,1-10H2. The molecule has 0 aromatic heterocycles. The molecule has 0 unspecified atom stereocenters. The normalized spacial score (nSPS) is 31.6. The summed E-state index contributed by atoms with van der Waals surface area (Å²) < 4.78 is 5.55. The molecule has 0 N–H and O–H groups in total. The first-order chi connectivity index (χ1) is 7.81. The minimum absolute atomic E-state index is 0.483. The number of hydrogen-bond acceptors (Lipinski definition) is 2. The summed E-state index contributed by atoms with van der Waals surface area (Å²) in [5.41, 5.74) is 0.483. The molecule has 16 heavy (non-hydrogen) atoms. The van der Waals surface area contributed by atoms with Gasteiger partial charge in [-0.1, -0.05) is 12.8 Å². The average molecular weight is 222 g/mol. The van der Waals surface area contributed by atoms with Gasteiger partial charge in [-0.25, -0.2) is 0 Å². The van der Waals surface area contributed by atoms with E-state index in [2.05, 4.69) is 0 Å². The van der Waals surface area contributed by atoms with Crippen molar-refractivity contribution in [1.29, 1.82) is 0 Å². The van der Waals surface area contributed by atoms with Gasteiger partial charge in [-0.05, 0) is 37.5 Å². The molecule has 0 atom stereocenters. The van der Waals surface area contributed by atoms with Gasteiger partial charge >= 0.3 is 0 Å². The lowest BCUT2D eigenvalue weighted by Gasteiger charge is -2.52. The molecule has 2 heteroatoms. The molecule has 1 saturated heterocycles. The van der Waals surface area contributed by atoms with Crippen LogP contribution >= 0.6 is 0 Å². The summed E-state index contributed by atoms with van der Waals surface area (Å²) in [6.45, 7) is 1.97. The van der Waals surface area contributed by atoms with Crippen molar-refractivity contribution in [3.8, 4) is 0 Å². The molecule has 2 aliphatic carbocycles. The van der Waals surface area contributed by atoms with E-state index < -0.39 is 0 Å². The first kappa shape index (κ1) is 10.8. The van der Waals surface area contributed by atoms with Gasteiger partial charge in [0.1, 0.15) is 5.78 Å². The SMILES string of the molecule is O=C1CCC(C2(C3CCCC3)COC2)CC1. The van der Waals surface area contributed by atoms with E-state index in [9.17, 15) is 4.79 Å². The summed E-state index contributed by atoms with van der Waals surface area (Å²) >= 11 is 0. The van der Waals surface area contributed by atoms with Gasteiger partial charge in [-0.15, -0.1) is 0 Å². The van der Waals surface area contributed by atoms with Gasteiger partial charge in [-0.2, -0.15) is 0 Å². The molecule has 2 nitrogen and oxygen atoms in total. The van der Waals surface area contributed by atoms with Crippen LogP contribution < -0.4 is 0 Å². The summed E-state index contributed by atoms with van der Waals surface area (Å²) in [5, 5.41) is 0. The molecule has 0 aromatic carbocycles. The van der Waals surface area contributed by atoms with Gasteiger partial charge in [-0.3, -0.25) is 4.79 Å². The van der Waals surface area contributed by atoms with Gasteiger partial charge in [0.25, 0.3) is 0 Å². The predicted molar refractivity (Wildman–Crippen MR) is 62.2 cm³/mol. The Balaban J connectivity index is 1.71. The van der Waals surface area contributed by atoms with Crippen LogP contribution in [0, 0.1) is 17.3 Å². The number of carbonyl (C=O) groups excluding carboxylic acids is 1. The highest BCUT2D eigenvalue weighted by molar-refractivity contribution is 5.79. The van der Waals surface area contributed by atoms with Crippen LogP contribution in [0.15, 0.2) is 0 Å². The minimum Gasteiger partial charge on any atom is -0.380 e. The quantitative estimate of drug-likeness (QED) is 0.718. The van der Waals surface area contributed by atoms with Crippen molar-refractivity contribution >= 4 is 5.78 Å². The maximum Gasteiger partial charge on any atom is 0.132 e. The Kier molecular flexibility index (Phi) is 2.78. The van der Waals surface area contributed by atoms with E-state index in [-0.39, 0.29) is 0 Å². The monoisotopic (exact) mass is 222 g/mol. The Hall–Kier alpha value is -0.370. The van der Waals surface area contributed by atoms with Crippen molar-refractivity contribution in [1.82, 2.24) is 0 Å². The van der Waals surface area contributed by atoms with Crippen LogP contribution in [0.1, 0.15) is 51.4 Å². The fourth-order valence-electron chi connectivity index (χ4n) is 4.16. The maximum atomic E-state index is 11.3. The highest BCUT2D eigenvalue weighted by atomic mass is 16.5. The van der Waals surface area contributed by atoms with Crippen LogP contribution in [-0.4, -0.2) is 19.0 Å². The van der Waals surface area contributed by atoms with Crippen LogP contribution in [0.4, 0.5) is 0 Å². The number of hydrogen-bond donors (Lipinski definition) is 0. The summed E-state index contributed by atoms with van der Waals surface area (Å²) in [7, 11) is 0. The van der Waals surface area contributed by atoms with Crippen molar-refractivity contribution < 1.29 is 9.53 Å². The molecule has 1 heterocycles. The largest absolute Gasteiger partial charge is 0.380 e. The number of Topliss-reactive ketones (excluding diaryl/α,β-unsaturated/α-hetero) is 1. The second-order valence-corrected chi connectivity index (χ2v) is 6.02. The number of ether oxygens (including phenoxy) is 1. The molecule has 0 aromatic rings. The van der Waals surface area contributed by atoms with Gasteiger partial charge in [0, 0.05) is 18.3 Å². The van der Waals surface area contributed by atoms with Crippen LogP contribution in [0.2, 0.25) is 0 Å². The maximum absolute atomic E-state index is 11.3. The Morgan fingerprint density at radius 3 is 2.00 bits per heavy atom. The van der Waals surface area contributed by atoms with E-state index in [4.69, 9.17) is 4.74 Å². The average Bonchev–Trinajstić information content (AvgIpc) is 2.73. The Bertz CT molecular complexity index is 264. The lowest BCUT2D eigenvalue weighted by atomic mass is 9.60. The number of carbonyl (C=O) groups is 1. The Morgan fingerprint density at radius 2 is 1.50 bits per heavy atom. The third-order valence-electron chi connectivity index (χ3n) is 5.27. The smallest absolute Gasteiger partial charge is 0.132 e. The van der Waals surface area contributed by atoms with Crippen molar-refractivity contribution in [3.05, 3.63) is 0 Å². The van der Waals surface area contributed by atoms with E-state index in [1.165, 1.54) is 25.7 Å². The molecule has 0 spiro atoms. The van der Waals surface area contributed by atoms with Gasteiger partial charge in [0.15, 0.2) is 0 Å². The van der Waals surface area contributed by atoms with E-state index in [1.54, 1.807) is 0 Å². The summed E-state index contributed by atoms with van der Waals surface area (Å²) in [4.78, 5) is 11.3. The first-order valence-electron chi connectivity index (χ1n) is 6.91. The minimum atomic E-state index is 0.483. The molecule has 0 radical (unpaired) electrons. The molecular weight excluding hydrogens is 200 g/mol. The third-order valence-corrected chi connectivity index (χ3v) is 5.27. The Morgan fingerprint density at radius 1 is 0.938 bits per heavy atom. The Labute approximate surface area is 97.7 Å². The zero-order chi connectivity index (χ0) is 11.0. The molecule has 0 bridgehead atoms. The van der Waals surface area contributed by atoms with Crippen molar-refractivity contribution in [2.45, 2.75) is 51.4 Å². The van der Waals surface area contributed by atoms with Crippen LogP contribution in [0.25, 0.3) is 0 Å². The molecule has 3 aliphatic rings. The van der Waals surface area contributed by atoms with Gasteiger partial charge in [0.05, 0.1) is 13.2 Å². The van der Waals surface area contributed by atoms with Crippen molar-refractivity contribution in [2.24, 2.45) is 17.3 Å². The molecule has 0 amide bonds. The summed E-state index contributed by atoms with van der Waals surface area (Å²) in [6, 6.07) is 0. The highest BCUT2D eigenvalue weighted by Crippen LogP contribution is 2.53. The topological polar surface area (TPSA) is 26.3 Å². The summed E-state index contributed by atoms with van der Waals surface area (Å²) in [5.74, 6) is 2.17. The van der Waals surface area contributed by atoms with Crippen molar-refractivity contribution in [3.63, 3.8) is 0 Å². The second-order valence-electron chi connectivity index (χ2n) is 6.02. The van der Waals surface area contributed by atoms with E-state index >= 15 is 0 Å². The zero-order valence-corrected chi connectivity index (χ0v) is 10.0. The van der Waals surface area contributed by atoms with E-state index in [0.717, 1.165) is 50.7 Å². The lowest BCUT2D eigenvalue weighted by molar-refractivity contribution is -0.184. The van der Waals surface area contributed by atoms with Crippen LogP contribution in [0.5, 0.6) is 0 Å². The zero-order valence-electron chi connectivity index (χ0n) is 10.0. The van der Waals surface area contributed by atoms with Crippen molar-refractivity contribution in [2.75, 3.05) is 13.2 Å². The fourth-order valence-corrected chi connectivity index (χ4v) is 4.16. The second kappa shape index (κ2) is 4.14. The van der Waals surface area contributed by atoms with E-state index in [0.29, 0.717) is 11.2 Å². The lowest BCUT2D eigenvalue weighted by Crippen LogP contribution is -2.53. The van der Waals surface area contributed by atoms with Gasteiger partial charge in [0.2, 0.25) is 0 Å². The first-order valence-corrected chi connectivity index (χ1v) is 6.91. The number of ketones is 1. The van der Waals surface area contributed by atoms with Crippen LogP contribution in [-0.2, 0) is 9.53 Å². The van der Waals surface area contributed by atoms with Crippen LogP contribution in [0.3, 0.4) is 0 Å². The third kappa shape index (κ3) is 1.62. The molecule has 3 fully saturated rings. The predicted octanol–water partition coefficient (Wildman–Crippen LogP) is 2.95. The molecule has 3 rings (SSSR count). The highest BCUT2D eigenvalue weighted by Gasteiger charge is 2.51. The molecular formula is C14H22O2. The number of rotatable bonds is 2. The van der Waals surface area contributed by atoms with Gasteiger partial charge < -0.3 is 4.74 Å². The molecule has 2 saturated carbocycles. The molecule has 90 valence electrons. The fraction of sp³-hybridized carbons (Fsp3) is 0.929. The molecule has 1 aliphatic heterocycles. The summed E-state index contributed by atoms with van der Waals surface area (Å²) in [6.07, 6.45) is 9.59. The van der Waals surface area contributed by atoms with E-state index in [1.807, 2.05) is 0 Å².